The van der Waals surface area contributed by atoms with Gasteiger partial charge in [0.25, 0.3) is 0 Å². The first-order valence-corrected chi connectivity index (χ1v) is 10.4. The highest BCUT2D eigenvalue weighted by atomic mass is 32.2. The van der Waals surface area contributed by atoms with Crippen molar-refractivity contribution < 1.29 is 14.6 Å². The molecular formula is C18H20N2O3S2. The Labute approximate surface area is 152 Å². The van der Waals surface area contributed by atoms with Gasteiger partial charge in [0.15, 0.2) is 15.0 Å². The molecule has 0 fully saturated rings. The molecule has 0 atom stereocenters. The molecule has 0 spiro atoms. The van der Waals surface area contributed by atoms with E-state index in [9.17, 15) is 13.2 Å². The van der Waals surface area contributed by atoms with E-state index in [1.807, 2.05) is 31.2 Å². The minimum Gasteiger partial charge on any atom is -0.302 e. The number of rotatable bonds is 5. The Morgan fingerprint density at radius 3 is 2.68 bits per heavy atom. The lowest BCUT2D eigenvalue weighted by atomic mass is 10.1. The van der Waals surface area contributed by atoms with Crippen LogP contribution in [0.3, 0.4) is 0 Å². The Bertz CT molecular complexity index is 1050. The van der Waals surface area contributed by atoms with Crippen molar-refractivity contribution in [2.24, 2.45) is 0 Å². The summed E-state index contributed by atoms with van der Waals surface area (Å²) in [5.74, 6) is -0.0159. The normalized spacial score (nSPS) is 11.6. The second-order valence-electron chi connectivity index (χ2n) is 5.73. The summed E-state index contributed by atoms with van der Waals surface area (Å²) in [6.45, 7) is 3.30. The highest BCUT2D eigenvalue weighted by Gasteiger charge is 2.14. The highest BCUT2D eigenvalue weighted by Crippen LogP contribution is 2.31. The maximum atomic E-state index is 12.3. The number of aromatic nitrogens is 1. The predicted octanol–water partition coefficient (Wildman–Crippen LogP) is 4.35. The van der Waals surface area contributed by atoms with Gasteiger partial charge < -0.3 is 5.32 Å². The van der Waals surface area contributed by atoms with Crippen LogP contribution in [0.5, 0.6) is 0 Å². The fourth-order valence-corrected chi connectivity index (χ4v) is 4.88. The molecule has 1 amide bonds. The van der Waals surface area contributed by atoms with Crippen LogP contribution in [-0.4, -0.2) is 25.1 Å². The zero-order chi connectivity index (χ0) is 18.0. The Balaban J connectivity index is 0.00000243. The Hall–Kier alpha value is -2.25. The monoisotopic (exact) mass is 376 g/mol. The maximum Gasteiger partial charge on any atom is 0.223 e. The summed E-state index contributed by atoms with van der Waals surface area (Å²) in [4.78, 5) is 15.9. The summed E-state index contributed by atoms with van der Waals surface area (Å²) in [6, 6.07) is 12.7. The number of thiazole rings is 1. The molecular weight excluding hydrogens is 356 g/mol. The molecule has 2 aromatic carbocycles. The molecule has 1 aromatic heterocycles. The number of hydrogen-bond acceptors (Lipinski definition) is 5. The first-order chi connectivity index (χ1) is 11.9. The topological polar surface area (TPSA) is 76.1 Å². The number of nitrogens with one attached hydrogen (secondary N) is 1. The predicted molar refractivity (Wildman–Crippen MR) is 104 cm³/mol. The van der Waals surface area contributed by atoms with Gasteiger partial charge in [-0.1, -0.05) is 36.5 Å². The summed E-state index contributed by atoms with van der Waals surface area (Å²) < 4.78 is 25.5. The number of benzene rings is 2. The third-order valence-electron chi connectivity index (χ3n) is 3.67. The largest absolute Gasteiger partial charge is 0.302 e. The molecule has 1 heterocycles. The summed E-state index contributed by atoms with van der Waals surface area (Å²) in [6.07, 6.45) is 0.589. The molecule has 0 aliphatic heterocycles. The van der Waals surface area contributed by atoms with Crippen molar-refractivity contribution in [3.8, 4) is 11.1 Å². The lowest BCUT2D eigenvalue weighted by Crippen LogP contribution is -2.05. The number of fused-ring (bicyclic) bond motifs is 1. The number of carbonyl (C=O) groups excluding carboxylic acids is 1. The molecule has 0 unspecified atom stereocenters. The van der Waals surface area contributed by atoms with Crippen molar-refractivity contribution in [3.05, 3.63) is 42.5 Å². The van der Waals surface area contributed by atoms with E-state index in [-0.39, 0.29) is 13.1 Å². The van der Waals surface area contributed by atoms with Crippen LogP contribution >= 0.6 is 11.3 Å². The van der Waals surface area contributed by atoms with Crippen LogP contribution in [0.2, 0.25) is 0 Å². The molecule has 5 nitrogen and oxygen atoms in total. The summed E-state index contributed by atoms with van der Waals surface area (Å²) in [5.41, 5.74) is 2.56. The zero-order valence-electron chi connectivity index (χ0n) is 13.9. The average Bonchev–Trinajstić information content (AvgIpc) is 2.95. The summed E-state index contributed by atoms with van der Waals surface area (Å²) in [5, 5.41) is 3.24. The minimum atomic E-state index is -3.25. The molecule has 3 rings (SSSR count). The molecule has 7 heteroatoms. The average molecular weight is 377 g/mol. The lowest BCUT2D eigenvalue weighted by molar-refractivity contribution is -0.114. The minimum absolute atomic E-state index is 0. The van der Waals surface area contributed by atoms with E-state index >= 15 is 0 Å². The van der Waals surface area contributed by atoms with Gasteiger partial charge in [-0.2, -0.15) is 0 Å². The van der Waals surface area contributed by atoms with Gasteiger partial charge >= 0.3 is 0 Å². The third kappa shape index (κ3) is 3.88. The first kappa shape index (κ1) is 17.6. The van der Waals surface area contributed by atoms with Crippen LogP contribution < -0.4 is 5.32 Å². The second kappa shape index (κ2) is 6.93. The summed E-state index contributed by atoms with van der Waals surface area (Å²) >= 11 is 1.39. The van der Waals surface area contributed by atoms with E-state index in [1.165, 1.54) is 18.3 Å². The maximum absolute atomic E-state index is 12.3. The van der Waals surface area contributed by atoms with Crippen LogP contribution in [0.1, 0.15) is 21.7 Å². The van der Waals surface area contributed by atoms with E-state index < -0.39 is 9.84 Å². The van der Waals surface area contributed by atoms with Crippen molar-refractivity contribution in [3.63, 3.8) is 0 Å². The molecule has 0 saturated carbocycles. The van der Waals surface area contributed by atoms with E-state index in [0.29, 0.717) is 16.4 Å². The van der Waals surface area contributed by atoms with Gasteiger partial charge in [-0.25, -0.2) is 13.4 Å². The van der Waals surface area contributed by atoms with Crippen LogP contribution in [0.15, 0.2) is 47.4 Å². The van der Waals surface area contributed by atoms with E-state index in [4.69, 9.17) is 0 Å². The van der Waals surface area contributed by atoms with E-state index in [1.54, 1.807) is 18.2 Å². The number of nitrogens with zero attached hydrogens (tertiary/aromatic N) is 1. The SMILES string of the molecule is CCCS(=O)(=O)c1cccc(-c2ccc3nc(NC(C)=O)sc3c2)c1.[HH]. The number of sulfone groups is 1. The van der Waals surface area contributed by atoms with Gasteiger partial charge in [0.1, 0.15) is 0 Å². The van der Waals surface area contributed by atoms with Gasteiger partial charge in [-0.15, -0.1) is 0 Å². The molecule has 132 valence electrons. The lowest BCUT2D eigenvalue weighted by Gasteiger charge is -2.06. The molecule has 0 radical (unpaired) electrons. The Kier molecular flexibility index (Phi) is 4.87. The second-order valence-corrected chi connectivity index (χ2v) is 8.87. The van der Waals surface area contributed by atoms with Crippen molar-refractivity contribution in [2.75, 3.05) is 11.1 Å². The molecule has 0 saturated heterocycles. The van der Waals surface area contributed by atoms with Crippen molar-refractivity contribution in [1.82, 2.24) is 4.98 Å². The molecule has 0 bridgehead atoms. The molecule has 25 heavy (non-hydrogen) atoms. The quantitative estimate of drug-likeness (QED) is 0.718. The van der Waals surface area contributed by atoms with Crippen molar-refractivity contribution in [1.29, 1.82) is 0 Å². The van der Waals surface area contributed by atoms with E-state index in [0.717, 1.165) is 21.3 Å². The number of amides is 1. The van der Waals surface area contributed by atoms with Gasteiger partial charge in [0.05, 0.1) is 20.9 Å². The zero-order valence-corrected chi connectivity index (χ0v) is 15.6. The molecule has 3 aromatic rings. The van der Waals surface area contributed by atoms with Crippen LogP contribution in [0, 0.1) is 0 Å². The van der Waals surface area contributed by atoms with Crippen LogP contribution in [-0.2, 0) is 14.6 Å². The smallest absolute Gasteiger partial charge is 0.223 e. The molecule has 0 aliphatic carbocycles. The third-order valence-corrected chi connectivity index (χ3v) is 6.52. The van der Waals surface area contributed by atoms with Crippen molar-refractivity contribution >= 4 is 42.4 Å². The van der Waals surface area contributed by atoms with Gasteiger partial charge in [-0.3, -0.25) is 4.79 Å². The first-order valence-electron chi connectivity index (χ1n) is 7.90. The molecule has 0 aliphatic rings. The van der Waals surface area contributed by atoms with Gasteiger partial charge in [-0.05, 0) is 41.8 Å². The fourth-order valence-electron chi connectivity index (χ4n) is 2.56. The number of carbonyl (C=O) groups is 1. The summed E-state index contributed by atoms with van der Waals surface area (Å²) in [7, 11) is -3.25. The Morgan fingerprint density at radius 2 is 1.96 bits per heavy atom. The van der Waals surface area contributed by atoms with E-state index in [2.05, 4.69) is 10.3 Å². The van der Waals surface area contributed by atoms with Gasteiger partial charge in [0.2, 0.25) is 5.91 Å². The highest BCUT2D eigenvalue weighted by molar-refractivity contribution is 7.91. The van der Waals surface area contributed by atoms with Gasteiger partial charge in [0, 0.05) is 8.35 Å². The number of hydrogen-bond donors (Lipinski definition) is 1. The van der Waals surface area contributed by atoms with Crippen LogP contribution in [0.25, 0.3) is 21.3 Å². The Morgan fingerprint density at radius 1 is 1.20 bits per heavy atom. The standard InChI is InChI=1S/C18H18N2O3S2.H2/c1-3-9-25(22,23)15-6-4-5-13(10-15)14-7-8-16-17(11-14)24-18(20-16)19-12(2)21;/h4-8,10-11H,3,9H2,1-2H3,(H,19,20,21);1H. The van der Waals surface area contributed by atoms with Crippen molar-refractivity contribution in [2.45, 2.75) is 25.2 Å². The van der Waals surface area contributed by atoms with Crippen LogP contribution in [0.4, 0.5) is 5.13 Å². The fraction of sp³-hybridized carbons (Fsp3) is 0.222. The number of anilines is 1. The molecule has 1 N–H and O–H groups in total.